The van der Waals surface area contributed by atoms with E-state index >= 15 is 0 Å². The highest BCUT2D eigenvalue weighted by molar-refractivity contribution is 5.64. The lowest BCUT2D eigenvalue weighted by atomic mass is 10.2. The number of isocyanates is 2. The molecular weight excluding hydrogens is 220 g/mol. The van der Waals surface area contributed by atoms with Crippen LogP contribution in [-0.4, -0.2) is 18.8 Å². The number of ether oxygens (including phenoxy) is 1. The number of benzene rings is 1. The fraction of sp³-hybridized carbons (Fsp3) is 0.333. The largest absolute Gasteiger partial charge is 0.491 e. The van der Waals surface area contributed by atoms with Gasteiger partial charge in [-0.15, -0.1) is 0 Å². The minimum Gasteiger partial charge on any atom is -0.491 e. The standard InChI is InChI=1S/C12H12N2O3/c1-2-3-6-17-12-5-4-10(13-8-15)7-11(12)14-9-16/h4-5,7H,2-3,6H2,1H3. The van der Waals surface area contributed by atoms with Crippen LogP contribution in [0.15, 0.2) is 28.2 Å². The molecule has 0 aromatic heterocycles. The third-order valence-corrected chi connectivity index (χ3v) is 2.04. The Morgan fingerprint density at radius 2 is 2.00 bits per heavy atom. The average Bonchev–Trinajstić information content (AvgIpc) is 2.33. The lowest BCUT2D eigenvalue weighted by molar-refractivity contribution is 0.310. The van der Waals surface area contributed by atoms with Gasteiger partial charge in [0.2, 0.25) is 12.2 Å². The molecular formula is C12H12N2O3. The van der Waals surface area contributed by atoms with Gasteiger partial charge in [-0.1, -0.05) is 13.3 Å². The predicted octanol–water partition coefficient (Wildman–Crippen LogP) is 2.80. The van der Waals surface area contributed by atoms with Gasteiger partial charge in [-0.2, -0.15) is 9.98 Å². The molecule has 0 unspecified atom stereocenters. The summed E-state index contributed by atoms with van der Waals surface area (Å²) in [5.41, 5.74) is 0.685. The molecule has 0 radical (unpaired) electrons. The van der Waals surface area contributed by atoms with Crippen LogP contribution in [0.5, 0.6) is 5.75 Å². The van der Waals surface area contributed by atoms with Crippen LogP contribution in [0.3, 0.4) is 0 Å². The number of carbonyl (C=O) groups excluding carboxylic acids is 2. The quantitative estimate of drug-likeness (QED) is 0.430. The minimum absolute atomic E-state index is 0.313. The Bertz CT molecular complexity index is 473. The van der Waals surface area contributed by atoms with Crippen molar-refractivity contribution in [3.63, 3.8) is 0 Å². The third kappa shape index (κ3) is 4.03. The first-order valence-corrected chi connectivity index (χ1v) is 5.24. The first-order valence-electron chi connectivity index (χ1n) is 5.24. The summed E-state index contributed by atoms with van der Waals surface area (Å²) in [5.74, 6) is 0.478. The van der Waals surface area contributed by atoms with Gasteiger partial charge in [0.15, 0.2) is 0 Å². The number of aliphatic imine (C=N–C) groups is 2. The maximum absolute atomic E-state index is 10.3. The van der Waals surface area contributed by atoms with E-state index in [0.717, 1.165) is 12.8 Å². The molecule has 0 fully saturated rings. The number of hydrogen-bond donors (Lipinski definition) is 0. The van der Waals surface area contributed by atoms with Crippen molar-refractivity contribution in [2.75, 3.05) is 6.61 Å². The summed E-state index contributed by atoms with van der Waals surface area (Å²) < 4.78 is 5.45. The van der Waals surface area contributed by atoms with Crippen LogP contribution < -0.4 is 4.74 Å². The SMILES string of the molecule is CCCCOc1ccc(N=C=O)cc1N=C=O. The van der Waals surface area contributed by atoms with Crippen LogP contribution in [0.25, 0.3) is 0 Å². The smallest absolute Gasteiger partial charge is 0.240 e. The molecule has 88 valence electrons. The molecule has 1 aromatic carbocycles. The molecule has 1 rings (SSSR count). The topological polar surface area (TPSA) is 68.1 Å². The van der Waals surface area contributed by atoms with Crippen molar-refractivity contribution in [3.8, 4) is 5.75 Å². The summed E-state index contributed by atoms with van der Waals surface area (Å²) in [6.45, 7) is 2.60. The van der Waals surface area contributed by atoms with Crippen molar-refractivity contribution in [2.24, 2.45) is 9.98 Å². The first kappa shape index (κ1) is 12.8. The van der Waals surface area contributed by atoms with Crippen molar-refractivity contribution in [1.29, 1.82) is 0 Å². The number of rotatable bonds is 6. The summed E-state index contributed by atoms with van der Waals surface area (Å²) >= 11 is 0. The Balaban J connectivity index is 2.95. The molecule has 1 aromatic rings. The Labute approximate surface area is 98.8 Å². The Kier molecular flexibility index (Phi) is 5.38. The van der Waals surface area contributed by atoms with Gasteiger partial charge in [-0.25, -0.2) is 9.59 Å². The third-order valence-electron chi connectivity index (χ3n) is 2.04. The zero-order chi connectivity index (χ0) is 12.5. The number of unbranched alkanes of at least 4 members (excludes halogenated alkanes) is 1. The van der Waals surface area contributed by atoms with Crippen LogP contribution >= 0.6 is 0 Å². The first-order chi connectivity index (χ1) is 8.31. The number of hydrogen-bond acceptors (Lipinski definition) is 5. The molecule has 17 heavy (non-hydrogen) atoms. The summed E-state index contributed by atoms with van der Waals surface area (Å²) in [7, 11) is 0. The molecule has 0 aliphatic heterocycles. The molecule has 0 aliphatic carbocycles. The van der Waals surface area contributed by atoms with E-state index in [9.17, 15) is 9.59 Å². The predicted molar refractivity (Wildman–Crippen MR) is 62.4 cm³/mol. The van der Waals surface area contributed by atoms with Gasteiger partial charge >= 0.3 is 0 Å². The van der Waals surface area contributed by atoms with Gasteiger partial charge < -0.3 is 4.74 Å². The molecule has 0 saturated heterocycles. The minimum atomic E-state index is 0.313. The van der Waals surface area contributed by atoms with Crippen molar-refractivity contribution in [3.05, 3.63) is 18.2 Å². The molecule has 5 heteroatoms. The van der Waals surface area contributed by atoms with Gasteiger partial charge in [0.1, 0.15) is 11.4 Å². The molecule has 0 saturated carbocycles. The summed E-state index contributed by atoms with van der Waals surface area (Å²) in [4.78, 5) is 27.3. The lowest BCUT2D eigenvalue weighted by Crippen LogP contribution is -1.96. The van der Waals surface area contributed by atoms with E-state index in [0.29, 0.717) is 23.7 Å². The van der Waals surface area contributed by atoms with E-state index in [1.165, 1.54) is 18.2 Å². The highest BCUT2D eigenvalue weighted by atomic mass is 16.5. The van der Waals surface area contributed by atoms with Crippen LogP contribution in [0.2, 0.25) is 0 Å². The molecule has 0 spiro atoms. The maximum Gasteiger partial charge on any atom is 0.240 e. The summed E-state index contributed by atoms with van der Waals surface area (Å²) in [5, 5.41) is 0. The van der Waals surface area contributed by atoms with Crippen LogP contribution in [-0.2, 0) is 9.59 Å². The molecule has 0 N–H and O–H groups in total. The van der Waals surface area contributed by atoms with E-state index in [-0.39, 0.29) is 0 Å². The number of nitrogens with zero attached hydrogens (tertiary/aromatic N) is 2. The highest BCUT2D eigenvalue weighted by Crippen LogP contribution is 2.31. The van der Waals surface area contributed by atoms with Crippen LogP contribution in [0.1, 0.15) is 19.8 Å². The van der Waals surface area contributed by atoms with Crippen molar-refractivity contribution >= 4 is 23.5 Å². The summed E-state index contributed by atoms with van der Waals surface area (Å²) in [6, 6.07) is 4.68. The van der Waals surface area contributed by atoms with Gasteiger partial charge in [-0.3, -0.25) is 0 Å². The molecule has 0 aliphatic rings. The highest BCUT2D eigenvalue weighted by Gasteiger charge is 2.04. The van der Waals surface area contributed by atoms with E-state index < -0.39 is 0 Å². The Hall–Kier alpha value is -2.22. The van der Waals surface area contributed by atoms with E-state index in [4.69, 9.17) is 4.74 Å². The molecule has 0 atom stereocenters. The van der Waals surface area contributed by atoms with Crippen molar-refractivity contribution < 1.29 is 14.3 Å². The van der Waals surface area contributed by atoms with Gasteiger partial charge in [0, 0.05) is 0 Å². The van der Waals surface area contributed by atoms with Gasteiger partial charge in [-0.05, 0) is 24.6 Å². The van der Waals surface area contributed by atoms with Crippen LogP contribution in [0, 0.1) is 0 Å². The monoisotopic (exact) mass is 232 g/mol. The molecule has 0 heterocycles. The molecule has 5 nitrogen and oxygen atoms in total. The van der Waals surface area contributed by atoms with E-state index in [1.54, 1.807) is 12.1 Å². The zero-order valence-corrected chi connectivity index (χ0v) is 9.47. The van der Waals surface area contributed by atoms with Crippen molar-refractivity contribution in [1.82, 2.24) is 0 Å². The second kappa shape index (κ2) is 7.12. The van der Waals surface area contributed by atoms with E-state index in [2.05, 4.69) is 16.9 Å². The Morgan fingerprint density at radius 1 is 1.24 bits per heavy atom. The van der Waals surface area contributed by atoms with Gasteiger partial charge in [0.25, 0.3) is 0 Å². The van der Waals surface area contributed by atoms with Gasteiger partial charge in [0.05, 0.1) is 12.3 Å². The second-order valence-electron chi connectivity index (χ2n) is 3.26. The normalized spacial score (nSPS) is 9.00. The van der Waals surface area contributed by atoms with Crippen LogP contribution in [0.4, 0.5) is 11.4 Å². The zero-order valence-electron chi connectivity index (χ0n) is 9.47. The van der Waals surface area contributed by atoms with E-state index in [1.807, 2.05) is 0 Å². The maximum atomic E-state index is 10.3. The fourth-order valence-electron chi connectivity index (χ4n) is 1.21. The summed E-state index contributed by atoms with van der Waals surface area (Å²) in [6.07, 6.45) is 4.79. The molecule has 0 amide bonds. The fourth-order valence-corrected chi connectivity index (χ4v) is 1.21. The average molecular weight is 232 g/mol. The lowest BCUT2D eigenvalue weighted by Gasteiger charge is -2.07. The Morgan fingerprint density at radius 3 is 2.65 bits per heavy atom. The molecule has 0 bridgehead atoms. The van der Waals surface area contributed by atoms with Crippen molar-refractivity contribution in [2.45, 2.75) is 19.8 Å². The second-order valence-corrected chi connectivity index (χ2v) is 3.26.